The van der Waals surface area contributed by atoms with Crippen LogP contribution in [0.2, 0.25) is 0 Å². The van der Waals surface area contributed by atoms with Crippen LogP contribution in [0.15, 0.2) is 11.4 Å². The highest BCUT2D eigenvalue weighted by Gasteiger charge is 2.09. The van der Waals surface area contributed by atoms with Crippen molar-refractivity contribution in [2.24, 2.45) is 0 Å². The van der Waals surface area contributed by atoms with Crippen molar-refractivity contribution in [1.82, 2.24) is 15.2 Å². The number of thiophene rings is 1. The zero-order valence-electron chi connectivity index (χ0n) is 6.83. The molecule has 2 N–H and O–H groups in total. The van der Waals surface area contributed by atoms with Gasteiger partial charge in [-0.15, -0.1) is 11.3 Å². The van der Waals surface area contributed by atoms with Crippen LogP contribution in [0.25, 0.3) is 10.7 Å². The van der Waals surface area contributed by atoms with Crippen molar-refractivity contribution in [3.05, 3.63) is 16.2 Å². The molecule has 68 valence electrons. The van der Waals surface area contributed by atoms with Gasteiger partial charge < -0.3 is 4.74 Å². The van der Waals surface area contributed by atoms with E-state index >= 15 is 0 Å². The summed E-state index contributed by atoms with van der Waals surface area (Å²) in [5, 5.41) is 7.55. The average molecular weight is 213 g/mol. The molecule has 2 rings (SSSR count). The van der Waals surface area contributed by atoms with Gasteiger partial charge in [0.25, 0.3) is 0 Å². The minimum Gasteiger partial charge on any atom is -0.495 e. The zero-order valence-corrected chi connectivity index (χ0v) is 8.46. The summed E-state index contributed by atoms with van der Waals surface area (Å²) in [5.41, 5.74) is 0. The molecule has 0 unspecified atom stereocenters. The standard InChI is InChI=1S/C7H7N3OS2/c1-11-4-2-3-13-5(4)6-8-7(12)10-9-6/h2-3H,1H3,(H2,8,9,10,12). The van der Waals surface area contributed by atoms with Gasteiger partial charge in [-0.2, -0.15) is 4.98 Å². The number of nitrogens with one attached hydrogen (secondary N) is 2. The first kappa shape index (κ1) is 8.46. The third kappa shape index (κ3) is 1.50. The molecule has 6 heteroatoms. The predicted octanol–water partition coefficient (Wildman–Crippen LogP) is 2.20. The lowest BCUT2D eigenvalue weighted by Crippen LogP contribution is -1.83. The molecule has 0 radical (unpaired) electrons. The van der Waals surface area contributed by atoms with Crippen molar-refractivity contribution < 1.29 is 4.74 Å². The van der Waals surface area contributed by atoms with Crippen molar-refractivity contribution in [1.29, 1.82) is 0 Å². The number of aromatic amines is 2. The van der Waals surface area contributed by atoms with Gasteiger partial charge >= 0.3 is 0 Å². The minimum absolute atomic E-state index is 0.449. The molecule has 0 saturated heterocycles. The van der Waals surface area contributed by atoms with Crippen LogP contribution >= 0.6 is 23.6 Å². The maximum absolute atomic E-state index is 5.15. The SMILES string of the molecule is COc1ccsc1-c1nc(=S)[nH][nH]1. The Hall–Kier alpha value is -1.14. The largest absolute Gasteiger partial charge is 0.495 e. The Kier molecular flexibility index (Phi) is 2.15. The van der Waals surface area contributed by atoms with E-state index in [1.807, 2.05) is 11.4 Å². The first-order valence-corrected chi connectivity index (χ1v) is 4.86. The van der Waals surface area contributed by atoms with Crippen molar-refractivity contribution in [3.8, 4) is 16.5 Å². The van der Waals surface area contributed by atoms with Gasteiger partial charge in [-0.1, -0.05) is 0 Å². The van der Waals surface area contributed by atoms with Gasteiger partial charge in [-0.3, -0.25) is 10.2 Å². The lowest BCUT2D eigenvalue weighted by Gasteiger charge is -1.96. The summed E-state index contributed by atoms with van der Waals surface area (Å²) < 4.78 is 5.60. The van der Waals surface area contributed by atoms with E-state index in [1.54, 1.807) is 18.4 Å². The van der Waals surface area contributed by atoms with Crippen LogP contribution in [-0.2, 0) is 0 Å². The number of nitrogens with zero attached hydrogens (tertiary/aromatic N) is 1. The van der Waals surface area contributed by atoms with Crippen molar-refractivity contribution in [3.63, 3.8) is 0 Å². The molecule has 2 aromatic rings. The van der Waals surface area contributed by atoms with Crippen LogP contribution in [-0.4, -0.2) is 22.3 Å². The van der Waals surface area contributed by atoms with Gasteiger partial charge in [-0.25, -0.2) is 0 Å². The smallest absolute Gasteiger partial charge is 0.213 e. The van der Waals surface area contributed by atoms with E-state index in [0.29, 0.717) is 4.77 Å². The highest BCUT2D eigenvalue weighted by atomic mass is 32.1. The maximum atomic E-state index is 5.15. The monoisotopic (exact) mass is 213 g/mol. The molecule has 0 aliphatic rings. The molecule has 0 aromatic carbocycles. The molecule has 0 amide bonds. The molecule has 2 aromatic heterocycles. The van der Waals surface area contributed by atoms with Gasteiger partial charge in [0, 0.05) is 0 Å². The van der Waals surface area contributed by atoms with Crippen LogP contribution in [0.5, 0.6) is 5.75 Å². The number of rotatable bonds is 2. The Morgan fingerprint density at radius 2 is 2.38 bits per heavy atom. The fraction of sp³-hybridized carbons (Fsp3) is 0.143. The van der Waals surface area contributed by atoms with Crippen molar-refractivity contribution in [2.45, 2.75) is 0 Å². The van der Waals surface area contributed by atoms with E-state index < -0.39 is 0 Å². The van der Waals surface area contributed by atoms with Crippen molar-refractivity contribution in [2.75, 3.05) is 7.11 Å². The summed E-state index contributed by atoms with van der Waals surface area (Å²) >= 11 is 6.41. The molecular weight excluding hydrogens is 206 g/mol. The Balaban J connectivity index is 2.51. The molecule has 0 aliphatic carbocycles. The Labute approximate surface area is 83.6 Å². The number of hydrogen-bond donors (Lipinski definition) is 2. The highest BCUT2D eigenvalue weighted by Crippen LogP contribution is 2.32. The summed E-state index contributed by atoms with van der Waals surface area (Å²) in [6.07, 6.45) is 0. The van der Waals surface area contributed by atoms with Gasteiger partial charge in [0.15, 0.2) is 5.82 Å². The summed E-state index contributed by atoms with van der Waals surface area (Å²) in [7, 11) is 1.63. The van der Waals surface area contributed by atoms with Crippen LogP contribution in [0.4, 0.5) is 0 Å². The lowest BCUT2D eigenvalue weighted by atomic mass is 10.4. The molecular formula is C7H7N3OS2. The van der Waals surface area contributed by atoms with Gasteiger partial charge in [0.2, 0.25) is 4.77 Å². The van der Waals surface area contributed by atoms with E-state index in [9.17, 15) is 0 Å². The molecule has 2 heterocycles. The number of methoxy groups -OCH3 is 1. The number of H-pyrrole nitrogens is 2. The van der Waals surface area contributed by atoms with Crippen LogP contribution in [0.3, 0.4) is 0 Å². The summed E-state index contributed by atoms with van der Waals surface area (Å²) in [6, 6.07) is 1.89. The van der Waals surface area contributed by atoms with E-state index in [-0.39, 0.29) is 0 Å². The fourth-order valence-electron chi connectivity index (χ4n) is 1.01. The summed E-state index contributed by atoms with van der Waals surface area (Å²) in [4.78, 5) is 5.05. The lowest BCUT2D eigenvalue weighted by molar-refractivity contribution is 0.418. The second kappa shape index (κ2) is 3.31. The average Bonchev–Trinajstić information content (AvgIpc) is 2.71. The predicted molar refractivity (Wildman–Crippen MR) is 53.6 cm³/mol. The number of aromatic nitrogens is 3. The second-order valence-electron chi connectivity index (χ2n) is 2.33. The van der Waals surface area contributed by atoms with Crippen LogP contribution in [0, 0.1) is 4.77 Å². The van der Waals surface area contributed by atoms with Crippen LogP contribution in [0.1, 0.15) is 0 Å². The van der Waals surface area contributed by atoms with Gasteiger partial charge in [0.05, 0.1) is 7.11 Å². The van der Waals surface area contributed by atoms with E-state index in [1.165, 1.54) is 0 Å². The van der Waals surface area contributed by atoms with Crippen LogP contribution < -0.4 is 4.74 Å². The zero-order chi connectivity index (χ0) is 9.26. The molecule has 0 saturated carbocycles. The van der Waals surface area contributed by atoms with E-state index in [2.05, 4.69) is 15.2 Å². The molecule has 0 aliphatic heterocycles. The molecule has 0 atom stereocenters. The van der Waals surface area contributed by atoms with Gasteiger partial charge in [-0.05, 0) is 23.7 Å². The number of hydrogen-bond acceptors (Lipinski definition) is 4. The van der Waals surface area contributed by atoms with Crippen molar-refractivity contribution >= 4 is 23.6 Å². The molecule has 0 bridgehead atoms. The second-order valence-corrected chi connectivity index (χ2v) is 3.64. The summed E-state index contributed by atoms with van der Waals surface area (Å²) in [5.74, 6) is 1.53. The topological polar surface area (TPSA) is 53.7 Å². The molecule has 4 nitrogen and oxygen atoms in total. The maximum Gasteiger partial charge on any atom is 0.213 e. The Bertz CT molecular complexity index is 456. The molecule has 0 spiro atoms. The molecule has 0 fully saturated rings. The highest BCUT2D eigenvalue weighted by molar-refractivity contribution is 7.71. The fourth-order valence-corrected chi connectivity index (χ4v) is 1.95. The quantitative estimate of drug-likeness (QED) is 0.752. The van der Waals surface area contributed by atoms with Gasteiger partial charge in [0.1, 0.15) is 10.6 Å². The third-order valence-corrected chi connectivity index (χ3v) is 2.66. The first-order valence-electron chi connectivity index (χ1n) is 3.58. The van der Waals surface area contributed by atoms with E-state index in [0.717, 1.165) is 16.5 Å². The Morgan fingerprint density at radius 3 is 3.00 bits per heavy atom. The minimum atomic E-state index is 0.449. The Morgan fingerprint density at radius 1 is 1.54 bits per heavy atom. The first-order chi connectivity index (χ1) is 6.31. The summed E-state index contributed by atoms with van der Waals surface area (Å²) in [6.45, 7) is 0. The van der Waals surface area contributed by atoms with E-state index in [4.69, 9.17) is 17.0 Å². The third-order valence-electron chi connectivity index (χ3n) is 1.57. The number of ether oxygens (including phenoxy) is 1. The molecule has 13 heavy (non-hydrogen) atoms. The normalized spacial score (nSPS) is 10.2.